The highest BCUT2D eigenvalue weighted by molar-refractivity contribution is 8.00. The number of benzene rings is 2. The molecule has 0 radical (unpaired) electrons. The fourth-order valence-corrected chi connectivity index (χ4v) is 3.34. The molecule has 1 aromatic heterocycles. The van der Waals surface area contributed by atoms with Gasteiger partial charge in [0.1, 0.15) is 11.0 Å². The highest BCUT2D eigenvalue weighted by Gasteiger charge is 2.14. The van der Waals surface area contributed by atoms with E-state index in [0.717, 1.165) is 32.7 Å². The molecule has 24 heavy (non-hydrogen) atoms. The van der Waals surface area contributed by atoms with Crippen LogP contribution in [0.4, 0.5) is 0 Å². The molecular weight excluding hydrogens is 322 g/mol. The van der Waals surface area contributed by atoms with Crippen LogP contribution >= 0.6 is 11.8 Å². The van der Waals surface area contributed by atoms with Crippen molar-refractivity contribution in [3.63, 3.8) is 0 Å². The second kappa shape index (κ2) is 6.93. The summed E-state index contributed by atoms with van der Waals surface area (Å²) in [7, 11) is 1.64. The normalized spacial score (nSPS) is 12.1. The number of carbonyl (C=O) groups is 1. The molecule has 0 saturated carbocycles. The van der Waals surface area contributed by atoms with E-state index in [1.165, 1.54) is 11.8 Å². The minimum Gasteiger partial charge on any atom is -0.497 e. The molecule has 1 heterocycles. The maximum absolute atomic E-state index is 11.1. The van der Waals surface area contributed by atoms with Gasteiger partial charge in [-0.05, 0) is 48.4 Å². The van der Waals surface area contributed by atoms with Crippen LogP contribution < -0.4 is 4.74 Å². The molecular formula is C19H17NO3S. The van der Waals surface area contributed by atoms with Crippen LogP contribution in [0.3, 0.4) is 0 Å². The molecule has 4 nitrogen and oxygen atoms in total. The molecule has 0 fully saturated rings. The fraction of sp³-hybridized carbons (Fsp3) is 0.158. The Hall–Kier alpha value is -2.53. The lowest BCUT2D eigenvalue weighted by Crippen LogP contribution is -2.11. The van der Waals surface area contributed by atoms with Gasteiger partial charge in [0.2, 0.25) is 0 Å². The first-order chi connectivity index (χ1) is 11.6. The van der Waals surface area contributed by atoms with Crippen molar-refractivity contribution in [1.29, 1.82) is 0 Å². The molecule has 0 saturated heterocycles. The number of nitrogens with zero attached hydrogens (tertiary/aromatic N) is 1. The Labute approximate surface area is 144 Å². The van der Waals surface area contributed by atoms with E-state index in [1.54, 1.807) is 20.2 Å². The van der Waals surface area contributed by atoms with Gasteiger partial charge in [0, 0.05) is 16.5 Å². The van der Waals surface area contributed by atoms with Gasteiger partial charge in [0.15, 0.2) is 0 Å². The number of aliphatic carboxylic acids is 1. The molecule has 0 spiro atoms. The van der Waals surface area contributed by atoms with Gasteiger partial charge in [0.25, 0.3) is 0 Å². The van der Waals surface area contributed by atoms with E-state index in [0.29, 0.717) is 0 Å². The summed E-state index contributed by atoms with van der Waals surface area (Å²) in [4.78, 5) is 16.4. The summed E-state index contributed by atoms with van der Waals surface area (Å²) >= 11 is 1.33. The van der Waals surface area contributed by atoms with Gasteiger partial charge in [-0.3, -0.25) is 9.78 Å². The number of hydrogen-bond donors (Lipinski definition) is 1. The Bertz CT molecular complexity index is 877. The minimum absolute atomic E-state index is 0.514. The molecule has 0 bridgehead atoms. The Morgan fingerprint density at radius 3 is 2.50 bits per heavy atom. The highest BCUT2D eigenvalue weighted by Crippen LogP contribution is 2.33. The van der Waals surface area contributed by atoms with E-state index >= 15 is 0 Å². The summed E-state index contributed by atoms with van der Waals surface area (Å²) < 4.78 is 5.19. The summed E-state index contributed by atoms with van der Waals surface area (Å²) in [6.07, 6.45) is 1.71. The maximum Gasteiger partial charge on any atom is 0.316 e. The van der Waals surface area contributed by atoms with E-state index in [9.17, 15) is 4.79 Å². The molecule has 5 heteroatoms. The quantitative estimate of drug-likeness (QED) is 0.695. The number of ether oxygens (including phenoxy) is 1. The van der Waals surface area contributed by atoms with Gasteiger partial charge in [-0.1, -0.05) is 18.2 Å². The molecule has 1 N–H and O–H groups in total. The third kappa shape index (κ3) is 3.36. The van der Waals surface area contributed by atoms with Crippen LogP contribution in [-0.4, -0.2) is 28.4 Å². The SMILES string of the molecule is COc1ccc(-c2ccc3nccc(SC(C)C(=O)O)c3c2)cc1. The van der Waals surface area contributed by atoms with Crippen molar-refractivity contribution in [3.05, 3.63) is 54.7 Å². The number of methoxy groups -OCH3 is 1. The Balaban J connectivity index is 2.03. The number of thioether (sulfide) groups is 1. The zero-order valence-corrected chi connectivity index (χ0v) is 14.2. The van der Waals surface area contributed by atoms with Gasteiger partial charge in [0.05, 0.1) is 12.6 Å². The molecule has 3 rings (SSSR count). The fourth-order valence-electron chi connectivity index (χ4n) is 2.43. The van der Waals surface area contributed by atoms with Crippen LogP contribution in [0.25, 0.3) is 22.0 Å². The molecule has 2 aromatic carbocycles. The predicted octanol–water partition coefficient (Wildman–Crippen LogP) is 4.48. The van der Waals surface area contributed by atoms with Crippen molar-refractivity contribution < 1.29 is 14.6 Å². The van der Waals surface area contributed by atoms with Crippen LogP contribution in [0.5, 0.6) is 5.75 Å². The first-order valence-electron chi connectivity index (χ1n) is 7.51. The van der Waals surface area contributed by atoms with Crippen molar-refractivity contribution in [1.82, 2.24) is 4.98 Å². The number of pyridine rings is 1. The molecule has 0 aliphatic heterocycles. The van der Waals surface area contributed by atoms with Crippen molar-refractivity contribution in [2.75, 3.05) is 7.11 Å². The first kappa shape index (κ1) is 16.3. The van der Waals surface area contributed by atoms with E-state index in [-0.39, 0.29) is 0 Å². The lowest BCUT2D eigenvalue weighted by atomic mass is 10.0. The monoisotopic (exact) mass is 339 g/mol. The van der Waals surface area contributed by atoms with Crippen molar-refractivity contribution in [3.8, 4) is 16.9 Å². The zero-order valence-electron chi connectivity index (χ0n) is 13.4. The van der Waals surface area contributed by atoms with Gasteiger partial charge in [-0.15, -0.1) is 11.8 Å². The number of carboxylic acid groups (broad SMARTS) is 1. The molecule has 1 atom stereocenters. The largest absolute Gasteiger partial charge is 0.497 e. The third-order valence-corrected chi connectivity index (χ3v) is 4.94. The number of carboxylic acids is 1. The summed E-state index contributed by atoms with van der Waals surface area (Å²) in [6.45, 7) is 1.69. The number of rotatable bonds is 5. The van der Waals surface area contributed by atoms with Crippen LogP contribution in [0.15, 0.2) is 59.6 Å². The average Bonchev–Trinajstić information content (AvgIpc) is 2.61. The Kier molecular flexibility index (Phi) is 4.71. The standard InChI is InChI=1S/C19H17NO3S/c1-12(19(21)22)24-18-9-10-20-17-8-5-14(11-16(17)18)13-3-6-15(23-2)7-4-13/h3-12H,1-2H3,(H,21,22). The van der Waals surface area contributed by atoms with E-state index < -0.39 is 11.2 Å². The molecule has 0 aliphatic carbocycles. The lowest BCUT2D eigenvalue weighted by Gasteiger charge is -2.10. The summed E-state index contributed by atoms with van der Waals surface area (Å²) in [5.41, 5.74) is 2.99. The topological polar surface area (TPSA) is 59.4 Å². The van der Waals surface area contributed by atoms with Gasteiger partial charge in [-0.25, -0.2) is 0 Å². The Morgan fingerprint density at radius 1 is 1.12 bits per heavy atom. The molecule has 1 unspecified atom stereocenters. The van der Waals surface area contributed by atoms with Crippen molar-refractivity contribution in [2.45, 2.75) is 17.1 Å². The number of aromatic nitrogens is 1. The Morgan fingerprint density at radius 2 is 1.83 bits per heavy atom. The molecule has 3 aromatic rings. The van der Waals surface area contributed by atoms with Crippen molar-refractivity contribution >= 4 is 28.6 Å². The summed E-state index contributed by atoms with van der Waals surface area (Å²) in [6, 6.07) is 15.8. The van der Waals surface area contributed by atoms with Crippen molar-refractivity contribution in [2.24, 2.45) is 0 Å². The zero-order chi connectivity index (χ0) is 17.1. The first-order valence-corrected chi connectivity index (χ1v) is 8.39. The van der Waals surface area contributed by atoms with Gasteiger partial charge < -0.3 is 9.84 Å². The van der Waals surface area contributed by atoms with E-state index in [4.69, 9.17) is 9.84 Å². The second-order valence-electron chi connectivity index (χ2n) is 5.37. The smallest absolute Gasteiger partial charge is 0.316 e. The highest BCUT2D eigenvalue weighted by atomic mass is 32.2. The van der Waals surface area contributed by atoms with Gasteiger partial charge >= 0.3 is 5.97 Å². The van der Waals surface area contributed by atoms with E-state index in [2.05, 4.69) is 11.1 Å². The summed E-state index contributed by atoms with van der Waals surface area (Å²) in [5, 5.41) is 9.60. The third-order valence-electron chi connectivity index (χ3n) is 3.78. The lowest BCUT2D eigenvalue weighted by molar-refractivity contribution is -0.136. The second-order valence-corrected chi connectivity index (χ2v) is 6.75. The molecule has 0 amide bonds. The molecule has 122 valence electrons. The van der Waals surface area contributed by atoms with Crippen LogP contribution in [0, 0.1) is 0 Å². The maximum atomic E-state index is 11.1. The number of fused-ring (bicyclic) bond motifs is 1. The summed E-state index contributed by atoms with van der Waals surface area (Å²) in [5.74, 6) is -0.0102. The van der Waals surface area contributed by atoms with Gasteiger partial charge in [-0.2, -0.15) is 0 Å². The predicted molar refractivity (Wildman–Crippen MR) is 96.7 cm³/mol. The average molecular weight is 339 g/mol. The van der Waals surface area contributed by atoms with Crippen LogP contribution in [0.2, 0.25) is 0 Å². The van der Waals surface area contributed by atoms with Crippen LogP contribution in [-0.2, 0) is 4.79 Å². The minimum atomic E-state index is -0.823. The van der Waals surface area contributed by atoms with Crippen LogP contribution in [0.1, 0.15) is 6.92 Å². The number of hydrogen-bond acceptors (Lipinski definition) is 4. The van der Waals surface area contributed by atoms with E-state index in [1.807, 2.05) is 42.5 Å². The molecule has 0 aliphatic rings.